The maximum Gasteiger partial charge on any atom is 0.262 e. The average molecular weight is 257 g/mol. The fraction of sp³-hybridized carbons (Fsp3) is 0.231. The van der Waals surface area contributed by atoms with Gasteiger partial charge in [0.2, 0.25) is 11.8 Å². The second-order valence-corrected chi connectivity index (χ2v) is 4.51. The topological polar surface area (TPSA) is 80.5 Å². The highest BCUT2D eigenvalue weighted by Crippen LogP contribution is 2.23. The van der Waals surface area contributed by atoms with Crippen molar-refractivity contribution in [3.63, 3.8) is 0 Å². The molecule has 96 valence electrons. The van der Waals surface area contributed by atoms with Gasteiger partial charge in [-0.3, -0.25) is 24.1 Å². The molecular formula is C13H11N3O3. The smallest absolute Gasteiger partial charge is 0.262 e. The van der Waals surface area contributed by atoms with Crippen LogP contribution in [-0.4, -0.2) is 21.2 Å². The van der Waals surface area contributed by atoms with Crippen LogP contribution in [-0.2, 0) is 9.59 Å². The maximum absolute atomic E-state index is 12.4. The van der Waals surface area contributed by atoms with Crippen LogP contribution in [0.15, 0.2) is 29.2 Å². The Labute approximate surface area is 108 Å². The van der Waals surface area contributed by atoms with Gasteiger partial charge in [-0.25, -0.2) is 4.98 Å². The van der Waals surface area contributed by atoms with Crippen LogP contribution in [0.5, 0.6) is 0 Å². The fourth-order valence-corrected chi connectivity index (χ4v) is 2.40. The number of amides is 2. The average Bonchev–Trinajstić information content (AvgIpc) is 2.68. The van der Waals surface area contributed by atoms with Crippen molar-refractivity contribution in [2.75, 3.05) is 0 Å². The number of hydrogen-bond donors (Lipinski definition) is 1. The highest BCUT2D eigenvalue weighted by atomic mass is 16.2. The van der Waals surface area contributed by atoms with Gasteiger partial charge >= 0.3 is 0 Å². The van der Waals surface area contributed by atoms with Gasteiger partial charge in [0.25, 0.3) is 5.56 Å². The van der Waals surface area contributed by atoms with Crippen LogP contribution in [0.4, 0.5) is 0 Å². The molecule has 0 aliphatic carbocycles. The number of nitrogens with zero attached hydrogens (tertiary/aromatic N) is 2. The van der Waals surface area contributed by atoms with Crippen molar-refractivity contribution in [1.29, 1.82) is 0 Å². The quantitative estimate of drug-likeness (QED) is 0.736. The summed E-state index contributed by atoms with van der Waals surface area (Å²) in [4.78, 5) is 39.7. The first-order valence-corrected chi connectivity index (χ1v) is 5.89. The van der Waals surface area contributed by atoms with E-state index in [4.69, 9.17) is 0 Å². The molecule has 1 saturated heterocycles. The molecule has 6 heteroatoms. The van der Waals surface area contributed by atoms with Crippen molar-refractivity contribution in [1.82, 2.24) is 14.7 Å². The predicted octanol–water partition coefficient (Wildman–Crippen LogP) is 0.133. The van der Waals surface area contributed by atoms with Gasteiger partial charge < -0.3 is 0 Å². The van der Waals surface area contributed by atoms with Gasteiger partial charge in [0.05, 0.1) is 11.5 Å². The first-order valence-electron chi connectivity index (χ1n) is 5.89. The van der Waals surface area contributed by atoms with Crippen molar-refractivity contribution in [3.8, 4) is 0 Å². The summed E-state index contributed by atoms with van der Waals surface area (Å²) in [6, 6.07) is 5.22. The lowest BCUT2D eigenvalue weighted by molar-refractivity contribution is -0.125. The molecular weight excluding hydrogens is 246 g/mol. The number of imide groups is 1. The minimum atomic E-state index is -0.732. The van der Waals surface area contributed by atoms with E-state index in [-0.39, 0.29) is 17.9 Å². The molecule has 3 rings (SSSR count). The molecule has 0 aromatic carbocycles. The van der Waals surface area contributed by atoms with Crippen LogP contribution >= 0.6 is 0 Å². The van der Waals surface area contributed by atoms with E-state index in [0.29, 0.717) is 16.9 Å². The van der Waals surface area contributed by atoms with Gasteiger partial charge in [-0.2, -0.15) is 0 Å². The zero-order valence-electron chi connectivity index (χ0n) is 10.2. The Hall–Kier alpha value is -2.50. The van der Waals surface area contributed by atoms with Crippen LogP contribution in [0, 0.1) is 6.92 Å². The Morgan fingerprint density at radius 3 is 2.79 bits per heavy atom. The van der Waals surface area contributed by atoms with E-state index in [1.807, 2.05) is 0 Å². The number of pyridine rings is 1. The minimum absolute atomic E-state index is 0.00942. The second kappa shape index (κ2) is 4.01. The number of fused-ring (bicyclic) bond motifs is 1. The molecule has 0 saturated carbocycles. The molecule has 1 N–H and O–H groups in total. The van der Waals surface area contributed by atoms with Gasteiger partial charge in [0.1, 0.15) is 5.65 Å². The van der Waals surface area contributed by atoms with E-state index < -0.39 is 11.8 Å². The SMILES string of the molecule is Cc1nc2ccccn2c(=O)c1C1CC(=O)NC1=O. The Morgan fingerprint density at radius 2 is 2.11 bits per heavy atom. The zero-order chi connectivity index (χ0) is 13.6. The van der Waals surface area contributed by atoms with E-state index in [0.717, 1.165) is 0 Å². The van der Waals surface area contributed by atoms with E-state index in [1.54, 1.807) is 31.3 Å². The van der Waals surface area contributed by atoms with Gasteiger partial charge in [-0.15, -0.1) is 0 Å². The molecule has 6 nitrogen and oxygen atoms in total. The molecule has 2 aromatic heterocycles. The molecule has 19 heavy (non-hydrogen) atoms. The molecule has 1 unspecified atom stereocenters. The molecule has 1 aliphatic heterocycles. The Kier molecular flexibility index (Phi) is 2.45. The lowest BCUT2D eigenvalue weighted by atomic mass is 9.97. The van der Waals surface area contributed by atoms with Crippen LogP contribution < -0.4 is 10.9 Å². The first kappa shape index (κ1) is 11.6. The molecule has 0 radical (unpaired) electrons. The molecule has 0 bridgehead atoms. The summed E-state index contributed by atoms with van der Waals surface area (Å²) in [5.74, 6) is -1.51. The van der Waals surface area contributed by atoms with Gasteiger partial charge in [-0.1, -0.05) is 6.07 Å². The molecule has 1 atom stereocenters. The summed E-state index contributed by atoms with van der Waals surface area (Å²) < 4.78 is 1.39. The normalized spacial score (nSPS) is 18.9. The van der Waals surface area contributed by atoms with Crippen molar-refractivity contribution in [2.45, 2.75) is 19.3 Å². The van der Waals surface area contributed by atoms with Crippen LogP contribution in [0.3, 0.4) is 0 Å². The number of rotatable bonds is 1. The number of aryl methyl sites for hydroxylation is 1. The monoisotopic (exact) mass is 257 g/mol. The number of carbonyl (C=O) groups is 2. The molecule has 1 fully saturated rings. The number of carbonyl (C=O) groups excluding carboxylic acids is 2. The number of nitrogens with one attached hydrogen (secondary N) is 1. The fourth-order valence-electron chi connectivity index (χ4n) is 2.40. The predicted molar refractivity (Wildman–Crippen MR) is 66.7 cm³/mol. The van der Waals surface area contributed by atoms with E-state index in [2.05, 4.69) is 10.3 Å². The molecule has 0 spiro atoms. The maximum atomic E-state index is 12.4. The summed E-state index contributed by atoms with van der Waals surface area (Å²) in [6.07, 6.45) is 1.61. The zero-order valence-corrected chi connectivity index (χ0v) is 10.2. The van der Waals surface area contributed by atoms with Crippen molar-refractivity contribution in [2.24, 2.45) is 0 Å². The van der Waals surface area contributed by atoms with Gasteiger partial charge in [0, 0.05) is 18.3 Å². The highest BCUT2D eigenvalue weighted by molar-refractivity contribution is 6.06. The molecule has 1 aliphatic rings. The van der Waals surface area contributed by atoms with Crippen LogP contribution in [0.25, 0.3) is 5.65 Å². The lowest BCUT2D eigenvalue weighted by Gasteiger charge is -2.10. The van der Waals surface area contributed by atoms with Gasteiger partial charge in [0.15, 0.2) is 0 Å². The summed E-state index contributed by atoms with van der Waals surface area (Å²) >= 11 is 0. The number of hydrogen-bond acceptors (Lipinski definition) is 4. The van der Waals surface area contributed by atoms with Crippen LogP contribution in [0.1, 0.15) is 23.6 Å². The molecule has 3 heterocycles. The lowest BCUT2D eigenvalue weighted by Crippen LogP contribution is -2.28. The standard InChI is InChI=1S/C13H11N3O3/c1-7-11(8-6-10(17)15-12(8)18)13(19)16-5-3-2-4-9(16)14-7/h2-5,8H,6H2,1H3,(H,15,17,18). The largest absolute Gasteiger partial charge is 0.296 e. The summed E-state index contributed by atoms with van der Waals surface area (Å²) in [7, 11) is 0. The Balaban J connectivity index is 2.27. The van der Waals surface area contributed by atoms with E-state index in [9.17, 15) is 14.4 Å². The Morgan fingerprint density at radius 1 is 1.32 bits per heavy atom. The van der Waals surface area contributed by atoms with Crippen molar-refractivity contribution in [3.05, 3.63) is 46.0 Å². The van der Waals surface area contributed by atoms with Crippen molar-refractivity contribution < 1.29 is 9.59 Å². The van der Waals surface area contributed by atoms with Crippen LogP contribution in [0.2, 0.25) is 0 Å². The number of aromatic nitrogens is 2. The third-order valence-corrected chi connectivity index (χ3v) is 3.28. The summed E-state index contributed by atoms with van der Waals surface area (Å²) in [6.45, 7) is 1.68. The van der Waals surface area contributed by atoms with E-state index >= 15 is 0 Å². The Bertz CT molecular complexity index is 763. The van der Waals surface area contributed by atoms with Gasteiger partial charge in [-0.05, 0) is 19.1 Å². The third-order valence-electron chi connectivity index (χ3n) is 3.28. The molecule has 2 amide bonds. The van der Waals surface area contributed by atoms with E-state index in [1.165, 1.54) is 4.40 Å². The molecule has 2 aromatic rings. The second-order valence-electron chi connectivity index (χ2n) is 4.51. The highest BCUT2D eigenvalue weighted by Gasteiger charge is 2.35. The summed E-state index contributed by atoms with van der Waals surface area (Å²) in [5, 5.41) is 2.21. The third kappa shape index (κ3) is 1.72. The van der Waals surface area contributed by atoms with Crippen molar-refractivity contribution >= 4 is 17.5 Å². The minimum Gasteiger partial charge on any atom is -0.296 e. The summed E-state index contributed by atoms with van der Waals surface area (Å²) in [5.41, 5.74) is 1.02. The first-order chi connectivity index (χ1) is 9.08.